The molecule has 0 saturated heterocycles. The lowest BCUT2D eigenvalue weighted by molar-refractivity contribution is -0.119. The lowest BCUT2D eigenvalue weighted by Crippen LogP contribution is -2.39. The number of hydrogen-bond acceptors (Lipinski definition) is 3. The fraction of sp³-hybridized carbons (Fsp3) is 0.278. The highest BCUT2D eigenvalue weighted by Crippen LogP contribution is 2.30. The number of nitrogens with two attached hydrogens (primary N) is 1. The maximum Gasteiger partial charge on any atom is 0.239 e. The van der Waals surface area contributed by atoms with Crippen molar-refractivity contribution in [1.29, 1.82) is 0 Å². The Labute approximate surface area is 151 Å². The zero-order valence-electron chi connectivity index (χ0n) is 13.6. The summed E-state index contributed by atoms with van der Waals surface area (Å²) in [6, 6.07) is 8.92. The van der Waals surface area contributed by atoms with E-state index in [9.17, 15) is 13.6 Å². The summed E-state index contributed by atoms with van der Waals surface area (Å²) < 4.78 is 26.3. The van der Waals surface area contributed by atoms with Gasteiger partial charge in [-0.05, 0) is 48.2 Å². The Kier molecular flexibility index (Phi) is 6.20. The minimum absolute atomic E-state index is 0. The van der Waals surface area contributed by atoms with Crippen molar-refractivity contribution in [3.05, 3.63) is 59.2 Å². The van der Waals surface area contributed by atoms with E-state index in [1.807, 2.05) is 23.1 Å². The molecule has 0 aliphatic carbocycles. The van der Waals surface area contributed by atoms with Gasteiger partial charge in [0, 0.05) is 30.5 Å². The third-order valence-corrected chi connectivity index (χ3v) is 4.13. The van der Waals surface area contributed by atoms with Gasteiger partial charge in [0.2, 0.25) is 5.91 Å². The number of nitrogens with one attached hydrogen (secondary N) is 1. The normalized spacial score (nSPS) is 13.0. The highest BCUT2D eigenvalue weighted by Gasteiger charge is 2.20. The second-order valence-corrected chi connectivity index (χ2v) is 5.92. The molecule has 25 heavy (non-hydrogen) atoms. The van der Waals surface area contributed by atoms with Crippen LogP contribution in [-0.2, 0) is 17.8 Å². The molecule has 0 atom stereocenters. The van der Waals surface area contributed by atoms with E-state index < -0.39 is 11.6 Å². The molecule has 3 N–H and O–H groups in total. The monoisotopic (exact) mass is 367 g/mol. The molecular formula is C18H20ClF2N3O. The second-order valence-electron chi connectivity index (χ2n) is 5.92. The van der Waals surface area contributed by atoms with E-state index in [0.29, 0.717) is 5.56 Å². The summed E-state index contributed by atoms with van der Waals surface area (Å²) in [5.74, 6) is -1.51. The van der Waals surface area contributed by atoms with Crippen LogP contribution in [0.3, 0.4) is 0 Å². The van der Waals surface area contributed by atoms with Gasteiger partial charge >= 0.3 is 0 Å². The quantitative estimate of drug-likeness (QED) is 0.817. The molecule has 1 heterocycles. The van der Waals surface area contributed by atoms with Crippen molar-refractivity contribution in [3.8, 4) is 0 Å². The molecule has 0 fully saturated rings. The Morgan fingerprint density at radius 2 is 1.92 bits per heavy atom. The molecular weight excluding hydrogens is 348 g/mol. The molecule has 0 radical (unpaired) electrons. The zero-order valence-corrected chi connectivity index (χ0v) is 14.4. The largest absolute Gasteiger partial charge is 0.398 e. The summed E-state index contributed by atoms with van der Waals surface area (Å²) >= 11 is 0. The number of hydrogen-bond donors (Lipinski definition) is 2. The van der Waals surface area contributed by atoms with Crippen LogP contribution in [-0.4, -0.2) is 19.0 Å². The molecule has 2 aromatic carbocycles. The van der Waals surface area contributed by atoms with Gasteiger partial charge in [-0.1, -0.05) is 6.07 Å². The number of amides is 1. The van der Waals surface area contributed by atoms with Crippen LogP contribution in [0.1, 0.15) is 17.5 Å². The van der Waals surface area contributed by atoms with Crippen LogP contribution in [0.5, 0.6) is 0 Å². The fourth-order valence-corrected chi connectivity index (χ4v) is 3.03. The van der Waals surface area contributed by atoms with E-state index in [1.54, 1.807) is 0 Å². The second kappa shape index (κ2) is 8.16. The Bertz CT molecular complexity index is 750. The van der Waals surface area contributed by atoms with E-state index in [-0.39, 0.29) is 31.4 Å². The highest BCUT2D eigenvalue weighted by molar-refractivity contribution is 5.85. The van der Waals surface area contributed by atoms with Crippen molar-refractivity contribution in [2.75, 3.05) is 23.7 Å². The van der Waals surface area contributed by atoms with E-state index in [4.69, 9.17) is 5.73 Å². The maximum atomic E-state index is 13.2. The first-order valence-corrected chi connectivity index (χ1v) is 7.87. The first-order valence-electron chi connectivity index (χ1n) is 7.87. The number of fused-ring (bicyclic) bond motifs is 1. The molecule has 0 aromatic heterocycles. The standard InChI is InChI=1S/C18H19F2N3O.ClH/c19-13-7-12(8-14(20)9-13)10-22-18(24)11-23-6-2-3-15-16(21)4-1-5-17(15)23;/h1,4-5,7-9H,2-3,6,10-11,21H2,(H,22,24);1H. The van der Waals surface area contributed by atoms with Gasteiger partial charge in [0.25, 0.3) is 0 Å². The SMILES string of the molecule is Cl.Nc1cccc2c1CCCN2CC(=O)NCc1cc(F)cc(F)c1. The lowest BCUT2D eigenvalue weighted by atomic mass is 10.00. The summed E-state index contributed by atoms with van der Waals surface area (Å²) in [7, 11) is 0. The van der Waals surface area contributed by atoms with Crippen LogP contribution in [0.4, 0.5) is 20.2 Å². The number of nitrogens with zero attached hydrogens (tertiary/aromatic N) is 1. The van der Waals surface area contributed by atoms with Crippen molar-refractivity contribution >= 4 is 29.7 Å². The number of carbonyl (C=O) groups is 1. The van der Waals surface area contributed by atoms with Gasteiger partial charge in [0.15, 0.2) is 0 Å². The molecule has 0 spiro atoms. The maximum absolute atomic E-state index is 13.2. The van der Waals surface area contributed by atoms with Crippen LogP contribution in [0, 0.1) is 11.6 Å². The molecule has 7 heteroatoms. The minimum Gasteiger partial charge on any atom is -0.398 e. The summed E-state index contributed by atoms with van der Waals surface area (Å²) in [6.45, 7) is 1.05. The first-order chi connectivity index (χ1) is 11.5. The van der Waals surface area contributed by atoms with Crippen LogP contribution < -0.4 is 16.0 Å². The minimum atomic E-state index is -0.653. The average molecular weight is 368 g/mol. The third kappa shape index (κ3) is 4.60. The Morgan fingerprint density at radius 3 is 2.64 bits per heavy atom. The van der Waals surface area contributed by atoms with Crippen molar-refractivity contribution in [2.45, 2.75) is 19.4 Å². The topological polar surface area (TPSA) is 58.4 Å². The molecule has 0 saturated carbocycles. The van der Waals surface area contributed by atoms with Crippen molar-refractivity contribution in [1.82, 2.24) is 5.32 Å². The summed E-state index contributed by atoms with van der Waals surface area (Å²) in [5.41, 5.74) is 9.19. The Morgan fingerprint density at radius 1 is 1.20 bits per heavy atom. The molecule has 1 aliphatic heterocycles. The fourth-order valence-electron chi connectivity index (χ4n) is 3.03. The zero-order chi connectivity index (χ0) is 17.1. The lowest BCUT2D eigenvalue weighted by Gasteiger charge is -2.31. The van der Waals surface area contributed by atoms with E-state index in [2.05, 4.69) is 5.32 Å². The van der Waals surface area contributed by atoms with Crippen molar-refractivity contribution < 1.29 is 13.6 Å². The Hall–Kier alpha value is -2.34. The van der Waals surface area contributed by atoms with E-state index in [0.717, 1.165) is 42.4 Å². The van der Waals surface area contributed by atoms with Crippen LogP contribution >= 0.6 is 12.4 Å². The Balaban J connectivity index is 0.00000225. The molecule has 0 bridgehead atoms. The molecule has 1 amide bonds. The molecule has 3 rings (SSSR count). The predicted molar refractivity (Wildman–Crippen MR) is 96.8 cm³/mol. The van der Waals surface area contributed by atoms with Crippen LogP contribution in [0.25, 0.3) is 0 Å². The van der Waals surface area contributed by atoms with Crippen LogP contribution in [0.2, 0.25) is 0 Å². The molecule has 1 aliphatic rings. The van der Waals surface area contributed by atoms with Gasteiger partial charge in [-0.25, -0.2) is 8.78 Å². The smallest absolute Gasteiger partial charge is 0.239 e. The highest BCUT2D eigenvalue weighted by atomic mass is 35.5. The first kappa shape index (κ1) is 19.0. The molecule has 134 valence electrons. The molecule has 0 unspecified atom stereocenters. The van der Waals surface area contributed by atoms with Gasteiger partial charge in [-0.15, -0.1) is 12.4 Å². The van der Waals surface area contributed by atoms with Gasteiger partial charge in [-0.2, -0.15) is 0 Å². The van der Waals surface area contributed by atoms with E-state index >= 15 is 0 Å². The summed E-state index contributed by atoms with van der Waals surface area (Å²) in [4.78, 5) is 14.2. The molecule has 2 aromatic rings. The van der Waals surface area contributed by atoms with Gasteiger partial charge in [-0.3, -0.25) is 4.79 Å². The number of rotatable bonds is 4. The van der Waals surface area contributed by atoms with E-state index in [1.165, 1.54) is 12.1 Å². The van der Waals surface area contributed by atoms with Crippen molar-refractivity contribution in [2.24, 2.45) is 0 Å². The number of halogens is 3. The summed E-state index contributed by atoms with van der Waals surface area (Å²) in [5, 5.41) is 2.70. The van der Waals surface area contributed by atoms with Gasteiger partial charge in [0.1, 0.15) is 11.6 Å². The predicted octanol–water partition coefficient (Wildman–Crippen LogP) is 3.04. The van der Waals surface area contributed by atoms with Gasteiger partial charge in [0.05, 0.1) is 6.54 Å². The average Bonchev–Trinajstić information content (AvgIpc) is 2.53. The number of nitrogen functional groups attached to an aromatic ring is 1. The van der Waals surface area contributed by atoms with Crippen LogP contribution in [0.15, 0.2) is 36.4 Å². The van der Waals surface area contributed by atoms with Crippen molar-refractivity contribution in [3.63, 3.8) is 0 Å². The van der Waals surface area contributed by atoms with Gasteiger partial charge < -0.3 is 16.0 Å². The third-order valence-electron chi connectivity index (χ3n) is 4.13. The summed E-state index contributed by atoms with van der Waals surface area (Å²) in [6.07, 6.45) is 1.84. The number of benzene rings is 2. The molecule has 4 nitrogen and oxygen atoms in total. The number of anilines is 2. The number of carbonyl (C=O) groups excluding carboxylic acids is 1.